The highest BCUT2D eigenvalue weighted by atomic mass is 32.2. The maximum atomic E-state index is 13.0. The summed E-state index contributed by atoms with van der Waals surface area (Å²) in [6, 6.07) is 3.05. The van der Waals surface area contributed by atoms with Gasteiger partial charge in [0.2, 0.25) is 10.0 Å². The molecule has 0 aliphatic rings. The van der Waals surface area contributed by atoms with E-state index in [1.54, 1.807) is 6.92 Å². The second kappa shape index (κ2) is 5.70. The fourth-order valence-corrected chi connectivity index (χ4v) is 3.43. The molecule has 0 saturated carbocycles. The molecule has 96 valence electrons. The molecular weight excluding hydrogens is 263 g/mol. The van der Waals surface area contributed by atoms with Gasteiger partial charge in [-0.05, 0) is 31.4 Å². The van der Waals surface area contributed by atoms with Crippen molar-refractivity contribution in [3.05, 3.63) is 24.0 Å². The van der Waals surface area contributed by atoms with Gasteiger partial charge in [-0.3, -0.25) is 0 Å². The van der Waals surface area contributed by atoms with Gasteiger partial charge in [0, 0.05) is 11.8 Å². The van der Waals surface area contributed by atoms with Gasteiger partial charge in [-0.15, -0.1) is 0 Å². The van der Waals surface area contributed by atoms with Crippen LogP contribution in [0.1, 0.15) is 6.92 Å². The van der Waals surface area contributed by atoms with Gasteiger partial charge in [-0.1, -0.05) is 0 Å². The van der Waals surface area contributed by atoms with E-state index in [9.17, 15) is 12.8 Å². The van der Waals surface area contributed by atoms with E-state index in [0.717, 1.165) is 12.1 Å². The minimum atomic E-state index is -3.76. The van der Waals surface area contributed by atoms with Gasteiger partial charge in [-0.2, -0.15) is 11.8 Å². The molecule has 1 aromatic carbocycles. The van der Waals surface area contributed by atoms with Crippen LogP contribution in [0.4, 0.5) is 10.1 Å². The van der Waals surface area contributed by atoms with Crippen LogP contribution >= 0.6 is 11.8 Å². The van der Waals surface area contributed by atoms with Crippen LogP contribution in [-0.4, -0.2) is 26.5 Å². The first kappa shape index (κ1) is 14.3. The number of hydrogen-bond donors (Lipinski definition) is 2. The Morgan fingerprint density at radius 2 is 2.18 bits per heavy atom. The Bertz CT molecular complexity index is 491. The average Bonchev–Trinajstić information content (AvgIpc) is 2.21. The number of nitrogens with two attached hydrogens (primary N) is 1. The van der Waals surface area contributed by atoms with Crippen molar-refractivity contribution in [3.8, 4) is 0 Å². The Kier molecular flexibility index (Phi) is 4.79. The van der Waals surface area contributed by atoms with Crippen molar-refractivity contribution in [1.29, 1.82) is 0 Å². The lowest BCUT2D eigenvalue weighted by Crippen LogP contribution is -2.34. The van der Waals surface area contributed by atoms with Crippen LogP contribution in [-0.2, 0) is 10.0 Å². The van der Waals surface area contributed by atoms with Crippen LogP contribution < -0.4 is 10.5 Å². The van der Waals surface area contributed by atoms with Crippen molar-refractivity contribution >= 4 is 27.5 Å². The zero-order valence-electron chi connectivity index (χ0n) is 9.60. The van der Waals surface area contributed by atoms with Crippen molar-refractivity contribution < 1.29 is 12.8 Å². The number of nitrogen functional groups attached to an aromatic ring is 1. The number of rotatable bonds is 5. The van der Waals surface area contributed by atoms with Gasteiger partial charge in [0.05, 0.1) is 5.69 Å². The maximum Gasteiger partial charge on any atom is 0.242 e. The number of thioether (sulfide) groups is 1. The van der Waals surface area contributed by atoms with Gasteiger partial charge >= 0.3 is 0 Å². The smallest absolute Gasteiger partial charge is 0.242 e. The standard InChI is InChI=1S/C10H15FN2O2S2/c1-7(6-16-2)13-17(14,15)10-5-8(11)3-4-9(10)12/h3-5,7,13H,6,12H2,1-2H3. The predicted octanol–water partition coefficient (Wildman–Crippen LogP) is 1.44. The molecule has 0 amide bonds. The summed E-state index contributed by atoms with van der Waals surface area (Å²) in [6.07, 6.45) is 1.88. The summed E-state index contributed by atoms with van der Waals surface area (Å²) in [5.41, 5.74) is 5.57. The lowest BCUT2D eigenvalue weighted by molar-refractivity contribution is 0.568. The minimum absolute atomic E-state index is 0.0373. The van der Waals surface area contributed by atoms with Crippen LogP contribution in [0, 0.1) is 5.82 Å². The highest BCUT2D eigenvalue weighted by molar-refractivity contribution is 7.98. The van der Waals surface area contributed by atoms with E-state index < -0.39 is 15.8 Å². The molecule has 1 atom stereocenters. The zero-order valence-corrected chi connectivity index (χ0v) is 11.2. The SMILES string of the molecule is CSCC(C)NS(=O)(=O)c1cc(F)ccc1N. The largest absolute Gasteiger partial charge is 0.398 e. The van der Waals surface area contributed by atoms with E-state index >= 15 is 0 Å². The predicted molar refractivity (Wildman–Crippen MR) is 69.0 cm³/mol. The second-order valence-electron chi connectivity index (χ2n) is 3.66. The molecule has 1 rings (SSSR count). The van der Waals surface area contributed by atoms with Crippen molar-refractivity contribution in [2.75, 3.05) is 17.7 Å². The van der Waals surface area contributed by atoms with Crippen molar-refractivity contribution in [1.82, 2.24) is 4.72 Å². The summed E-state index contributed by atoms with van der Waals surface area (Å²) in [5.74, 6) is 0.00569. The number of anilines is 1. The lowest BCUT2D eigenvalue weighted by Gasteiger charge is -2.14. The molecule has 0 bridgehead atoms. The average molecular weight is 278 g/mol. The fraction of sp³-hybridized carbons (Fsp3) is 0.400. The summed E-state index contributed by atoms with van der Waals surface area (Å²) in [7, 11) is -3.76. The monoisotopic (exact) mass is 278 g/mol. The Morgan fingerprint density at radius 3 is 2.76 bits per heavy atom. The number of halogens is 1. The number of sulfonamides is 1. The van der Waals surface area contributed by atoms with Crippen LogP contribution in [0.3, 0.4) is 0 Å². The molecule has 3 N–H and O–H groups in total. The lowest BCUT2D eigenvalue weighted by atomic mass is 10.3. The number of hydrogen-bond acceptors (Lipinski definition) is 4. The van der Waals surface area contributed by atoms with E-state index in [0.29, 0.717) is 5.75 Å². The van der Waals surface area contributed by atoms with Crippen LogP contribution in [0.2, 0.25) is 0 Å². The summed E-state index contributed by atoms with van der Waals surface area (Å²) in [5, 5.41) is 0. The highest BCUT2D eigenvalue weighted by Gasteiger charge is 2.20. The van der Waals surface area contributed by atoms with E-state index in [4.69, 9.17) is 5.73 Å². The fourth-order valence-electron chi connectivity index (χ4n) is 1.35. The third-order valence-electron chi connectivity index (χ3n) is 2.04. The Morgan fingerprint density at radius 1 is 1.53 bits per heavy atom. The van der Waals surface area contributed by atoms with Gasteiger partial charge in [0.15, 0.2) is 0 Å². The summed E-state index contributed by atoms with van der Waals surface area (Å²) in [6.45, 7) is 1.74. The molecule has 0 spiro atoms. The first-order valence-electron chi connectivity index (χ1n) is 4.93. The van der Waals surface area contributed by atoms with Crippen LogP contribution in [0.15, 0.2) is 23.1 Å². The molecule has 0 fully saturated rings. The van der Waals surface area contributed by atoms with Crippen LogP contribution in [0.25, 0.3) is 0 Å². The molecule has 0 heterocycles. The number of benzene rings is 1. The number of nitrogens with one attached hydrogen (secondary N) is 1. The first-order chi connectivity index (χ1) is 7.86. The van der Waals surface area contributed by atoms with Crippen molar-refractivity contribution in [3.63, 3.8) is 0 Å². The molecular formula is C10H15FN2O2S2. The summed E-state index contributed by atoms with van der Waals surface area (Å²) >= 11 is 1.52. The van der Waals surface area contributed by atoms with E-state index in [1.165, 1.54) is 17.8 Å². The van der Waals surface area contributed by atoms with Gasteiger partial charge < -0.3 is 5.73 Å². The summed E-state index contributed by atoms with van der Waals surface area (Å²) < 4.78 is 39.3. The Balaban J connectivity index is 3.01. The summed E-state index contributed by atoms with van der Waals surface area (Å²) in [4.78, 5) is -0.217. The highest BCUT2D eigenvalue weighted by Crippen LogP contribution is 2.19. The van der Waals surface area contributed by atoms with Crippen LogP contribution in [0.5, 0.6) is 0 Å². The third-order valence-corrected chi connectivity index (χ3v) is 4.52. The van der Waals surface area contributed by atoms with Crippen molar-refractivity contribution in [2.45, 2.75) is 17.9 Å². The maximum absolute atomic E-state index is 13.0. The molecule has 0 saturated heterocycles. The van der Waals surface area contributed by atoms with Gasteiger partial charge in [0.25, 0.3) is 0 Å². The van der Waals surface area contributed by atoms with E-state index in [1.807, 2.05) is 6.26 Å². The molecule has 0 radical (unpaired) electrons. The molecule has 0 aliphatic heterocycles. The van der Waals surface area contributed by atoms with E-state index in [-0.39, 0.29) is 16.6 Å². The molecule has 1 aromatic rings. The topological polar surface area (TPSA) is 72.2 Å². The van der Waals surface area contributed by atoms with Gasteiger partial charge in [0.1, 0.15) is 10.7 Å². The third kappa shape index (κ3) is 3.86. The molecule has 0 aromatic heterocycles. The quantitative estimate of drug-likeness (QED) is 0.799. The van der Waals surface area contributed by atoms with Crippen molar-refractivity contribution in [2.24, 2.45) is 0 Å². The zero-order chi connectivity index (χ0) is 13.1. The molecule has 0 aliphatic carbocycles. The minimum Gasteiger partial charge on any atom is -0.398 e. The van der Waals surface area contributed by atoms with Gasteiger partial charge in [-0.25, -0.2) is 17.5 Å². The molecule has 1 unspecified atom stereocenters. The normalized spacial score (nSPS) is 13.6. The second-order valence-corrected chi connectivity index (χ2v) is 6.25. The Hall–Kier alpha value is -0.790. The van der Waals surface area contributed by atoms with E-state index in [2.05, 4.69) is 4.72 Å². The molecule has 4 nitrogen and oxygen atoms in total. The Labute approximate surface area is 105 Å². The first-order valence-corrected chi connectivity index (χ1v) is 7.81. The molecule has 17 heavy (non-hydrogen) atoms. The molecule has 7 heteroatoms.